The van der Waals surface area contributed by atoms with Crippen molar-refractivity contribution in [1.82, 2.24) is 5.32 Å². The predicted octanol–water partition coefficient (Wildman–Crippen LogP) is 3.53. The molecule has 0 aliphatic heterocycles. The van der Waals surface area contributed by atoms with E-state index < -0.39 is 0 Å². The van der Waals surface area contributed by atoms with Crippen LogP contribution in [0.1, 0.15) is 36.8 Å². The summed E-state index contributed by atoms with van der Waals surface area (Å²) >= 11 is 0. The molecule has 0 saturated heterocycles. The molecule has 0 radical (unpaired) electrons. The van der Waals surface area contributed by atoms with E-state index in [1.54, 1.807) is 12.1 Å². The summed E-state index contributed by atoms with van der Waals surface area (Å²) < 4.78 is 13.7. The summed E-state index contributed by atoms with van der Waals surface area (Å²) in [5.74, 6) is 0.423. The summed E-state index contributed by atoms with van der Waals surface area (Å²) in [4.78, 5) is 10.9. The van der Waals surface area contributed by atoms with E-state index in [2.05, 4.69) is 17.4 Å². The molecule has 0 bridgehead atoms. The van der Waals surface area contributed by atoms with Gasteiger partial charge in [-0.15, -0.1) is 0 Å². The maximum atomic E-state index is 13.7. The molecule has 0 atom stereocenters. The first-order chi connectivity index (χ1) is 9.63. The fourth-order valence-electron chi connectivity index (χ4n) is 2.66. The Hall–Kier alpha value is -1.90. The van der Waals surface area contributed by atoms with E-state index >= 15 is 0 Å². The number of hydrogen-bond acceptors (Lipinski definition) is 1. The lowest BCUT2D eigenvalue weighted by Crippen LogP contribution is -2.22. The lowest BCUT2D eigenvalue weighted by Gasteiger charge is -2.10. The number of halogens is 1. The maximum absolute atomic E-state index is 13.7. The molecule has 2 nitrogen and oxygen atoms in total. The van der Waals surface area contributed by atoms with Crippen LogP contribution in [0.4, 0.5) is 4.39 Å². The van der Waals surface area contributed by atoms with Crippen molar-refractivity contribution in [1.29, 1.82) is 0 Å². The van der Waals surface area contributed by atoms with Crippen molar-refractivity contribution in [3.8, 4) is 0 Å². The molecule has 0 unspecified atom stereocenters. The first-order valence-electron chi connectivity index (χ1n) is 7.10. The third-order valence-electron chi connectivity index (χ3n) is 3.85. The van der Waals surface area contributed by atoms with Crippen LogP contribution in [0.3, 0.4) is 0 Å². The lowest BCUT2D eigenvalue weighted by atomic mass is 9.98. The molecular formula is C17H18FNO. The van der Waals surface area contributed by atoms with E-state index in [-0.39, 0.29) is 11.7 Å². The normalized spacial score (nSPS) is 14.5. The zero-order chi connectivity index (χ0) is 14.1. The van der Waals surface area contributed by atoms with Crippen molar-refractivity contribution in [2.45, 2.75) is 32.1 Å². The minimum atomic E-state index is -0.213. The number of rotatable bonds is 4. The minimum absolute atomic E-state index is 0.0515. The lowest BCUT2D eigenvalue weighted by molar-refractivity contribution is -0.118. The number of amides is 1. The van der Waals surface area contributed by atoms with Gasteiger partial charge in [-0.25, -0.2) is 4.39 Å². The molecule has 1 saturated carbocycles. The molecule has 0 aromatic heterocycles. The Labute approximate surface area is 118 Å². The first-order valence-corrected chi connectivity index (χ1v) is 7.10. The van der Waals surface area contributed by atoms with Gasteiger partial charge in [-0.05, 0) is 59.2 Å². The van der Waals surface area contributed by atoms with Crippen LogP contribution in [-0.4, -0.2) is 12.5 Å². The Morgan fingerprint density at radius 3 is 2.80 bits per heavy atom. The predicted molar refractivity (Wildman–Crippen MR) is 78.3 cm³/mol. The van der Waals surface area contributed by atoms with Gasteiger partial charge in [0.15, 0.2) is 0 Å². The molecule has 2 aromatic carbocycles. The van der Waals surface area contributed by atoms with Crippen LogP contribution in [0.15, 0.2) is 30.3 Å². The highest BCUT2D eigenvalue weighted by atomic mass is 19.1. The zero-order valence-corrected chi connectivity index (χ0v) is 11.6. The third kappa shape index (κ3) is 2.82. The highest BCUT2D eigenvalue weighted by Gasteiger charge is 2.23. The molecule has 1 aliphatic carbocycles. The second-order valence-electron chi connectivity index (χ2n) is 5.55. The van der Waals surface area contributed by atoms with Gasteiger partial charge in [0.2, 0.25) is 5.91 Å². The van der Waals surface area contributed by atoms with Crippen molar-refractivity contribution in [3.05, 3.63) is 47.3 Å². The van der Waals surface area contributed by atoms with Crippen LogP contribution in [0.25, 0.3) is 10.8 Å². The number of carbonyl (C=O) groups is 1. The monoisotopic (exact) mass is 271 g/mol. The van der Waals surface area contributed by atoms with Crippen LogP contribution in [0.5, 0.6) is 0 Å². The summed E-state index contributed by atoms with van der Waals surface area (Å²) in [5, 5.41) is 4.82. The van der Waals surface area contributed by atoms with Crippen LogP contribution < -0.4 is 5.32 Å². The largest absolute Gasteiger partial charge is 0.356 e. The molecule has 3 heteroatoms. The van der Waals surface area contributed by atoms with Crippen LogP contribution in [0, 0.1) is 5.82 Å². The maximum Gasteiger partial charge on any atom is 0.216 e. The topological polar surface area (TPSA) is 29.1 Å². The summed E-state index contributed by atoms with van der Waals surface area (Å²) in [6.07, 6.45) is 3.17. The van der Waals surface area contributed by atoms with Gasteiger partial charge in [-0.3, -0.25) is 4.79 Å². The molecule has 3 rings (SSSR count). The molecule has 1 aliphatic rings. The SMILES string of the molecule is CC(=O)NCCc1cc(F)cc2ccc(C3CC3)cc12. The molecule has 104 valence electrons. The zero-order valence-electron chi connectivity index (χ0n) is 11.6. The Kier molecular flexibility index (Phi) is 3.43. The van der Waals surface area contributed by atoms with Crippen molar-refractivity contribution in [2.75, 3.05) is 6.54 Å². The van der Waals surface area contributed by atoms with E-state index in [1.165, 1.54) is 25.3 Å². The smallest absolute Gasteiger partial charge is 0.216 e. The average Bonchev–Trinajstić information content (AvgIpc) is 3.22. The van der Waals surface area contributed by atoms with Gasteiger partial charge >= 0.3 is 0 Å². The van der Waals surface area contributed by atoms with Gasteiger partial charge < -0.3 is 5.32 Å². The van der Waals surface area contributed by atoms with E-state index in [9.17, 15) is 9.18 Å². The van der Waals surface area contributed by atoms with Crippen LogP contribution in [-0.2, 0) is 11.2 Å². The Morgan fingerprint density at radius 2 is 2.10 bits per heavy atom. The summed E-state index contributed by atoms with van der Waals surface area (Å²) in [7, 11) is 0. The molecule has 0 spiro atoms. The van der Waals surface area contributed by atoms with Gasteiger partial charge in [0.05, 0.1) is 0 Å². The second kappa shape index (κ2) is 5.23. The van der Waals surface area contributed by atoms with Crippen molar-refractivity contribution in [2.24, 2.45) is 0 Å². The van der Waals surface area contributed by atoms with Gasteiger partial charge in [0, 0.05) is 13.5 Å². The Balaban J connectivity index is 1.94. The number of carbonyl (C=O) groups excluding carboxylic acids is 1. The highest BCUT2D eigenvalue weighted by Crippen LogP contribution is 2.41. The van der Waals surface area contributed by atoms with Gasteiger partial charge in [-0.2, -0.15) is 0 Å². The van der Waals surface area contributed by atoms with Gasteiger partial charge in [0.1, 0.15) is 5.82 Å². The van der Waals surface area contributed by atoms with E-state index in [1.807, 2.05) is 6.07 Å². The molecule has 0 heterocycles. The average molecular weight is 271 g/mol. The first kappa shape index (κ1) is 13.1. The van der Waals surface area contributed by atoms with Crippen molar-refractivity contribution in [3.63, 3.8) is 0 Å². The van der Waals surface area contributed by atoms with Crippen molar-refractivity contribution >= 4 is 16.7 Å². The molecular weight excluding hydrogens is 253 g/mol. The summed E-state index contributed by atoms with van der Waals surface area (Å²) in [6, 6.07) is 9.47. The molecule has 20 heavy (non-hydrogen) atoms. The number of nitrogens with one attached hydrogen (secondary N) is 1. The number of benzene rings is 2. The molecule has 1 N–H and O–H groups in total. The fourth-order valence-corrected chi connectivity index (χ4v) is 2.66. The van der Waals surface area contributed by atoms with Crippen LogP contribution in [0.2, 0.25) is 0 Å². The highest BCUT2D eigenvalue weighted by molar-refractivity contribution is 5.86. The van der Waals surface area contributed by atoms with E-state index in [4.69, 9.17) is 0 Å². The minimum Gasteiger partial charge on any atom is -0.356 e. The van der Waals surface area contributed by atoms with Crippen LogP contribution >= 0.6 is 0 Å². The number of fused-ring (bicyclic) bond motifs is 1. The molecule has 1 amide bonds. The summed E-state index contributed by atoms with van der Waals surface area (Å²) in [6.45, 7) is 2.04. The van der Waals surface area contributed by atoms with Crippen molar-refractivity contribution < 1.29 is 9.18 Å². The fraction of sp³-hybridized carbons (Fsp3) is 0.353. The number of hydrogen-bond donors (Lipinski definition) is 1. The van der Waals surface area contributed by atoms with Gasteiger partial charge in [0.25, 0.3) is 0 Å². The third-order valence-corrected chi connectivity index (χ3v) is 3.85. The standard InChI is InChI=1S/C17H18FNO/c1-11(20)19-7-6-15-9-16(18)8-14-5-4-13(10-17(14)15)12-2-3-12/h4-5,8-10,12H,2-3,6-7H2,1H3,(H,19,20). The Bertz CT molecular complexity index is 661. The summed E-state index contributed by atoms with van der Waals surface area (Å²) in [5.41, 5.74) is 2.32. The quantitative estimate of drug-likeness (QED) is 0.905. The van der Waals surface area contributed by atoms with Gasteiger partial charge in [-0.1, -0.05) is 18.2 Å². The molecule has 2 aromatic rings. The Morgan fingerprint density at radius 1 is 1.30 bits per heavy atom. The van der Waals surface area contributed by atoms with E-state index in [0.717, 1.165) is 16.3 Å². The second-order valence-corrected chi connectivity index (χ2v) is 5.55. The molecule has 1 fully saturated rings. The van der Waals surface area contributed by atoms with E-state index in [0.29, 0.717) is 18.9 Å².